The number of hydrogen-bond donors (Lipinski definition) is 1. The first-order chi connectivity index (χ1) is 9.30. The van der Waals surface area contributed by atoms with Crippen LogP contribution < -0.4 is 0 Å². The second-order valence-corrected chi connectivity index (χ2v) is 4.63. The Hall–Kier alpha value is -1.11. The van der Waals surface area contributed by atoms with Gasteiger partial charge in [0.2, 0.25) is 0 Å². The van der Waals surface area contributed by atoms with Gasteiger partial charge in [0.15, 0.2) is 0 Å². The first kappa shape index (κ1) is 16.9. The van der Waals surface area contributed by atoms with Crippen molar-refractivity contribution in [1.82, 2.24) is 0 Å². The van der Waals surface area contributed by atoms with Crippen molar-refractivity contribution in [1.29, 1.82) is 0 Å². The average Bonchev–Trinajstić information content (AvgIpc) is 2.37. The molecule has 3 nitrogen and oxygen atoms in total. The maximum atomic E-state index is 12.5. The molecule has 1 rings (SSSR count). The molecule has 0 aliphatic carbocycles. The van der Waals surface area contributed by atoms with Gasteiger partial charge in [0.05, 0.1) is 31.5 Å². The molecular formula is C14H19F3O3. The van der Waals surface area contributed by atoms with Crippen LogP contribution in [0.1, 0.15) is 31.1 Å². The van der Waals surface area contributed by atoms with Gasteiger partial charge in [0, 0.05) is 0 Å². The molecule has 1 N–H and O–H groups in total. The lowest BCUT2D eigenvalue weighted by atomic mass is 10.1. The van der Waals surface area contributed by atoms with Gasteiger partial charge in [0.1, 0.15) is 6.10 Å². The zero-order valence-corrected chi connectivity index (χ0v) is 11.5. The lowest BCUT2D eigenvalue weighted by Crippen LogP contribution is -2.14. The first-order valence-electron chi connectivity index (χ1n) is 6.35. The van der Waals surface area contributed by atoms with Crippen LogP contribution in [0.4, 0.5) is 13.2 Å². The highest BCUT2D eigenvalue weighted by atomic mass is 19.4. The summed E-state index contributed by atoms with van der Waals surface area (Å²) in [5.74, 6) is 0. The molecular weight excluding hydrogens is 273 g/mol. The molecule has 0 bridgehead atoms. The van der Waals surface area contributed by atoms with Gasteiger partial charge in [-0.15, -0.1) is 0 Å². The Morgan fingerprint density at radius 2 is 1.90 bits per heavy atom. The third-order valence-corrected chi connectivity index (χ3v) is 2.55. The van der Waals surface area contributed by atoms with Gasteiger partial charge in [-0.3, -0.25) is 0 Å². The second kappa shape index (κ2) is 7.61. The van der Waals surface area contributed by atoms with E-state index in [1.165, 1.54) is 12.1 Å². The third kappa shape index (κ3) is 5.90. The quantitative estimate of drug-likeness (QED) is 0.784. The van der Waals surface area contributed by atoms with Crippen molar-refractivity contribution >= 4 is 0 Å². The Balaban J connectivity index is 2.45. The number of rotatable bonds is 7. The van der Waals surface area contributed by atoms with E-state index in [0.29, 0.717) is 6.61 Å². The van der Waals surface area contributed by atoms with Gasteiger partial charge in [0.25, 0.3) is 0 Å². The molecule has 0 radical (unpaired) electrons. The van der Waals surface area contributed by atoms with Crippen LogP contribution in [-0.2, 0) is 15.7 Å². The molecule has 0 saturated heterocycles. The summed E-state index contributed by atoms with van der Waals surface area (Å²) in [6.45, 7) is 4.37. The van der Waals surface area contributed by atoms with Crippen LogP contribution in [-0.4, -0.2) is 31.0 Å². The molecule has 114 valence electrons. The van der Waals surface area contributed by atoms with Crippen molar-refractivity contribution in [3.63, 3.8) is 0 Å². The number of aliphatic hydroxyl groups is 1. The van der Waals surface area contributed by atoms with Crippen molar-refractivity contribution in [2.45, 2.75) is 32.2 Å². The van der Waals surface area contributed by atoms with E-state index < -0.39 is 17.8 Å². The number of hydrogen-bond acceptors (Lipinski definition) is 3. The Bertz CT molecular complexity index is 405. The maximum absolute atomic E-state index is 12.5. The zero-order chi connectivity index (χ0) is 15.2. The number of aliphatic hydroxyl groups excluding tert-OH is 1. The Kier molecular flexibility index (Phi) is 6.45. The predicted molar refractivity (Wildman–Crippen MR) is 68.3 cm³/mol. The molecule has 0 spiro atoms. The van der Waals surface area contributed by atoms with Crippen LogP contribution in [0.2, 0.25) is 0 Å². The van der Waals surface area contributed by atoms with Crippen molar-refractivity contribution in [3.8, 4) is 0 Å². The minimum absolute atomic E-state index is 0.0667. The van der Waals surface area contributed by atoms with Crippen LogP contribution in [0.5, 0.6) is 0 Å². The van der Waals surface area contributed by atoms with Crippen LogP contribution >= 0.6 is 0 Å². The van der Waals surface area contributed by atoms with Crippen LogP contribution in [0, 0.1) is 0 Å². The molecule has 1 aromatic carbocycles. The average molecular weight is 292 g/mol. The van der Waals surface area contributed by atoms with Gasteiger partial charge in [-0.25, -0.2) is 0 Å². The van der Waals surface area contributed by atoms with Gasteiger partial charge in [-0.2, -0.15) is 13.2 Å². The molecule has 0 saturated carbocycles. The summed E-state index contributed by atoms with van der Waals surface area (Å²) >= 11 is 0. The van der Waals surface area contributed by atoms with E-state index in [2.05, 4.69) is 0 Å². The minimum Gasteiger partial charge on any atom is -0.386 e. The molecule has 1 unspecified atom stereocenters. The molecule has 1 atom stereocenters. The summed E-state index contributed by atoms with van der Waals surface area (Å²) in [7, 11) is 0. The largest absolute Gasteiger partial charge is 0.416 e. The van der Waals surface area contributed by atoms with E-state index in [0.717, 1.165) is 12.1 Å². The summed E-state index contributed by atoms with van der Waals surface area (Å²) in [5.41, 5.74) is -0.596. The van der Waals surface area contributed by atoms with Crippen LogP contribution in [0.25, 0.3) is 0 Å². The standard InChI is InChI=1S/C14H19F3O3/c1-10(2)20-7-6-19-9-13(18)11-4-3-5-12(8-11)14(15,16)17/h3-5,8,10,13,18H,6-7,9H2,1-2H3. The fourth-order valence-corrected chi connectivity index (χ4v) is 1.56. The Labute approximate surface area is 116 Å². The molecule has 0 amide bonds. The maximum Gasteiger partial charge on any atom is 0.416 e. The summed E-state index contributed by atoms with van der Waals surface area (Å²) in [6, 6.07) is 4.60. The number of ether oxygens (including phenoxy) is 2. The molecule has 6 heteroatoms. The van der Waals surface area contributed by atoms with Crippen LogP contribution in [0.3, 0.4) is 0 Å². The molecule has 0 aliphatic heterocycles. The number of alkyl halides is 3. The van der Waals surface area contributed by atoms with E-state index >= 15 is 0 Å². The van der Waals surface area contributed by atoms with Crippen molar-refractivity contribution in [3.05, 3.63) is 35.4 Å². The van der Waals surface area contributed by atoms with Gasteiger partial charge in [-0.05, 0) is 31.5 Å². The highest BCUT2D eigenvalue weighted by molar-refractivity contribution is 5.27. The van der Waals surface area contributed by atoms with Crippen molar-refractivity contribution < 1.29 is 27.8 Å². The highest BCUT2D eigenvalue weighted by Crippen LogP contribution is 2.30. The van der Waals surface area contributed by atoms with E-state index in [9.17, 15) is 18.3 Å². The summed E-state index contributed by atoms with van der Waals surface area (Å²) < 4.78 is 48.0. The smallest absolute Gasteiger partial charge is 0.386 e. The van der Waals surface area contributed by atoms with Crippen LogP contribution in [0.15, 0.2) is 24.3 Å². The minimum atomic E-state index is -4.41. The molecule has 20 heavy (non-hydrogen) atoms. The molecule has 0 aliphatic rings. The molecule has 0 heterocycles. The zero-order valence-electron chi connectivity index (χ0n) is 11.5. The summed E-state index contributed by atoms with van der Waals surface area (Å²) in [4.78, 5) is 0. The summed E-state index contributed by atoms with van der Waals surface area (Å²) in [5, 5.41) is 9.79. The first-order valence-corrected chi connectivity index (χ1v) is 6.35. The molecule has 0 fully saturated rings. The highest BCUT2D eigenvalue weighted by Gasteiger charge is 2.30. The third-order valence-electron chi connectivity index (χ3n) is 2.55. The predicted octanol–water partition coefficient (Wildman–Crippen LogP) is 3.18. The lowest BCUT2D eigenvalue weighted by molar-refractivity contribution is -0.137. The van der Waals surface area contributed by atoms with Crippen molar-refractivity contribution in [2.24, 2.45) is 0 Å². The summed E-state index contributed by atoms with van der Waals surface area (Å²) in [6.07, 6.45) is -5.41. The number of benzene rings is 1. The lowest BCUT2D eigenvalue weighted by Gasteiger charge is -2.14. The molecule has 0 aromatic heterocycles. The normalized spacial score (nSPS) is 13.8. The van der Waals surface area contributed by atoms with Gasteiger partial charge >= 0.3 is 6.18 Å². The number of halogens is 3. The van der Waals surface area contributed by atoms with E-state index in [4.69, 9.17) is 9.47 Å². The van der Waals surface area contributed by atoms with E-state index in [-0.39, 0.29) is 24.9 Å². The Morgan fingerprint density at radius 3 is 2.50 bits per heavy atom. The molecule has 1 aromatic rings. The second-order valence-electron chi connectivity index (χ2n) is 4.63. The van der Waals surface area contributed by atoms with Crippen molar-refractivity contribution in [2.75, 3.05) is 19.8 Å². The fourth-order valence-electron chi connectivity index (χ4n) is 1.56. The SMILES string of the molecule is CC(C)OCCOCC(O)c1cccc(C(F)(F)F)c1. The van der Waals surface area contributed by atoms with Gasteiger partial charge in [-0.1, -0.05) is 12.1 Å². The monoisotopic (exact) mass is 292 g/mol. The van der Waals surface area contributed by atoms with E-state index in [1.54, 1.807) is 0 Å². The Morgan fingerprint density at radius 1 is 1.20 bits per heavy atom. The topological polar surface area (TPSA) is 38.7 Å². The van der Waals surface area contributed by atoms with Gasteiger partial charge < -0.3 is 14.6 Å². The van der Waals surface area contributed by atoms with E-state index in [1.807, 2.05) is 13.8 Å². The fraction of sp³-hybridized carbons (Fsp3) is 0.571.